The van der Waals surface area contributed by atoms with Crippen molar-refractivity contribution >= 4 is 43.1 Å². The van der Waals surface area contributed by atoms with E-state index in [1.165, 1.54) is 125 Å². The molecule has 10 rings (SSSR count). The minimum Gasteiger partial charge on any atom is -0.494 e. The van der Waals surface area contributed by atoms with Crippen LogP contribution in [0.25, 0.3) is 11.3 Å². The van der Waals surface area contributed by atoms with E-state index in [1.807, 2.05) is 33.3 Å². The third-order valence-corrected chi connectivity index (χ3v) is 16.3. The number of Topliss-reactive ketones (excluding diaryl/α,β-unsaturated/α-hetero) is 1. The van der Waals surface area contributed by atoms with E-state index in [1.54, 1.807) is 0 Å². The van der Waals surface area contributed by atoms with Gasteiger partial charge in [-0.15, -0.1) is 10.2 Å². The van der Waals surface area contributed by atoms with Crippen molar-refractivity contribution in [2.45, 2.75) is 79.8 Å². The van der Waals surface area contributed by atoms with Crippen molar-refractivity contribution in [2.75, 3.05) is 42.4 Å². The smallest absolute Gasteiger partial charge is 0.358 e. The van der Waals surface area contributed by atoms with Gasteiger partial charge in [0.1, 0.15) is 17.0 Å². The Bertz CT molecular complexity index is 3640. The molecular weight excluding hydrogens is 1020 g/mol. The molecule has 0 atom stereocenters. The predicted octanol–water partition coefficient (Wildman–Crippen LogP) is 5.16. The number of carboxylic acids is 1. The molecule has 2 aromatic carbocycles. The predicted molar refractivity (Wildman–Crippen MR) is 268 cm³/mol. The molecule has 3 N–H and O–H groups in total. The lowest BCUT2D eigenvalue weighted by Gasteiger charge is -2.17. The lowest BCUT2D eigenvalue weighted by molar-refractivity contribution is 0.0690. The van der Waals surface area contributed by atoms with E-state index in [9.17, 15) is 30.8 Å². The van der Waals surface area contributed by atoms with E-state index in [0.717, 1.165) is 31.3 Å². The van der Waals surface area contributed by atoms with Gasteiger partial charge in [0.2, 0.25) is 20.0 Å². The van der Waals surface area contributed by atoms with Crippen LogP contribution >= 0.6 is 0 Å². The number of hydrogen-bond donors (Lipinski definition) is 2. The molecule has 0 aliphatic heterocycles. The summed E-state index contributed by atoms with van der Waals surface area (Å²) in [6.07, 6.45) is 15.7. The SMILES string of the molecule is COc1ccc(S(=O)(=O)N(C)C)c(CCC(=O)c2cn(Cc3cn4cc(C5CC5)ccc4n3)nn2)c1F.COc1ccc(S(=O)(=O)N(C)C)c(CN)c1F.O=C(O)c1cn(Cc2cn3cc(C4CC4)ccc3n2)nn1. The quantitative estimate of drug-likeness (QED) is 0.105. The third-order valence-electron chi connectivity index (χ3n) is 12.5. The van der Waals surface area contributed by atoms with E-state index in [-0.39, 0.29) is 69.0 Å². The monoisotopic (exact) mass is 1070 g/mol. The minimum atomic E-state index is -3.93. The van der Waals surface area contributed by atoms with Crippen LogP contribution in [0.15, 0.2) is 95.5 Å². The van der Waals surface area contributed by atoms with Crippen molar-refractivity contribution in [3.8, 4) is 11.5 Å². The molecule has 2 fully saturated rings. The summed E-state index contributed by atoms with van der Waals surface area (Å²) in [5.74, 6) is -1.78. The fourth-order valence-corrected chi connectivity index (χ4v) is 10.3. The van der Waals surface area contributed by atoms with Crippen LogP contribution in [0.1, 0.15) is 98.6 Å². The van der Waals surface area contributed by atoms with Crippen LogP contribution in [0.2, 0.25) is 0 Å². The number of rotatable bonds is 18. The zero-order chi connectivity index (χ0) is 53.9. The molecule has 22 nitrogen and oxygen atoms in total. The van der Waals surface area contributed by atoms with Crippen LogP contribution in [0.5, 0.6) is 11.5 Å². The van der Waals surface area contributed by atoms with Gasteiger partial charge in [-0.1, -0.05) is 22.6 Å². The summed E-state index contributed by atoms with van der Waals surface area (Å²) in [6, 6.07) is 13.4. The molecule has 2 aliphatic carbocycles. The zero-order valence-corrected chi connectivity index (χ0v) is 43.5. The molecule has 0 bridgehead atoms. The van der Waals surface area contributed by atoms with Crippen molar-refractivity contribution in [3.63, 3.8) is 0 Å². The Hall–Kier alpha value is -7.52. The van der Waals surface area contributed by atoms with Crippen LogP contribution in [-0.4, -0.2) is 133 Å². The van der Waals surface area contributed by atoms with Crippen molar-refractivity contribution in [2.24, 2.45) is 5.73 Å². The van der Waals surface area contributed by atoms with Crippen LogP contribution in [0.3, 0.4) is 0 Å². The lowest BCUT2D eigenvalue weighted by atomic mass is 10.1. The topological polar surface area (TPSA) is 270 Å². The number of fused-ring (bicyclic) bond motifs is 2. The molecule has 0 saturated heterocycles. The number of carbonyl (C=O) groups is 2. The van der Waals surface area contributed by atoms with E-state index in [4.69, 9.17) is 20.3 Å². The van der Waals surface area contributed by atoms with Crippen LogP contribution in [0.4, 0.5) is 8.78 Å². The molecule has 75 heavy (non-hydrogen) atoms. The number of ether oxygens (including phenoxy) is 2. The average Bonchev–Trinajstić information content (AvgIpc) is 4.22. The average molecular weight is 1070 g/mol. The molecule has 26 heteroatoms. The van der Waals surface area contributed by atoms with E-state index < -0.39 is 37.7 Å². The molecule has 6 aromatic heterocycles. The number of carboxylic acid groups (broad SMARTS) is 1. The van der Waals surface area contributed by atoms with Crippen LogP contribution in [-0.2, 0) is 46.1 Å². The Morgan fingerprint density at radius 1 is 0.653 bits per heavy atom. The zero-order valence-electron chi connectivity index (χ0n) is 41.8. The number of halogens is 2. The number of nitrogens with zero attached hydrogens (tertiary/aromatic N) is 12. The van der Waals surface area contributed by atoms with Gasteiger partial charge in [-0.05, 0) is 91.5 Å². The second-order valence-corrected chi connectivity index (χ2v) is 22.4. The van der Waals surface area contributed by atoms with Gasteiger partial charge >= 0.3 is 5.97 Å². The standard InChI is InChI=1S/C25H27FN6O4S.C14H13N5O2.C10H15FN2O3S/c1-30(2)37(34,35)23-10-9-22(36-3)25(26)19(23)7-8-21(33)20-15-32(29-28-20)14-18-13-31-12-17(16-4-5-16)6-11-24(31)27-18;20-14(21)12-8-19(17-16-12)7-11-6-18-5-10(9-1-2-9)3-4-13(18)15-11;1-13(2)17(14,15)9-5-4-8(16-3)10(11)7(9)6-12/h6,9-13,15-16H,4-5,7-8,14H2,1-3H3;3-6,8-9H,1-2,7H2,(H,20,21);4-5H,6,12H2,1-3H3. The number of methoxy groups -OCH3 is 2. The van der Waals surface area contributed by atoms with Gasteiger partial charge in [-0.3, -0.25) is 4.79 Å². The molecule has 2 saturated carbocycles. The first-order valence-corrected chi connectivity index (χ1v) is 26.4. The molecule has 396 valence electrons. The fraction of sp³-hybridized carbons (Fsp3) is 0.347. The molecule has 0 amide bonds. The summed E-state index contributed by atoms with van der Waals surface area (Å²) in [6.45, 7) is 0.516. The van der Waals surface area contributed by atoms with Crippen molar-refractivity contribution in [1.29, 1.82) is 0 Å². The Kier molecular flexibility index (Phi) is 15.9. The number of ketones is 1. The second-order valence-electron chi connectivity index (χ2n) is 18.2. The molecule has 8 aromatic rings. The molecule has 0 unspecified atom stereocenters. The number of carbonyl (C=O) groups excluding carboxylic acids is 1. The summed E-state index contributed by atoms with van der Waals surface area (Å²) in [5, 5.41) is 24.2. The second kappa shape index (κ2) is 22.1. The number of nitrogens with two attached hydrogens (primary N) is 1. The van der Waals surface area contributed by atoms with E-state index in [2.05, 4.69) is 55.1 Å². The number of benzene rings is 2. The third kappa shape index (κ3) is 12.0. The van der Waals surface area contributed by atoms with Crippen LogP contribution < -0.4 is 15.2 Å². The molecule has 0 radical (unpaired) electrons. The Morgan fingerprint density at radius 2 is 1.09 bits per heavy atom. The number of pyridine rings is 2. The number of sulfonamides is 2. The summed E-state index contributed by atoms with van der Waals surface area (Å²) < 4.78 is 96.9. The van der Waals surface area contributed by atoms with Crippen LogP contribution in [0, 0.1) is 11.6 Å². The highest BCUT2D eigenvalue weighted by atomic mass is 32.2. The summed E-state index contributed by atoms with van der Waals surface area (Å²) in [7, 11) is 0.427. The minimum absolute atomic E-state index is 0.0249. The lowest BCUT2D eigenvalue weighted by Crippen LogP contribution is -2.24. The first kappa shape index (κ1) is 53.8. The summed E-state index contributed by atoms with van der Waals surface area (Å²) in [5.41, 5.74) is 11.2. The maximum absolute atomic E-state index is 15.0. The van der Waals surface area contributed by atoms with Gasteiger partial charge in [0.25, 0.3) is 0 Å². The van der Waals surface area contributed by atoms with Gasteiger partial charge in [0.15, 0.2) is 34.6 Å². The number of aromatic carboxylic acids is 1. The number of imidazole rings is 2. The van der Waals surface area contributed by atoms with E-state index in [0.29, 0.717) is 24.9 Å². The highest BCUT2D eigenvalue weighted by Crippen LogP contribution is 2.41. The first-order valence-electron chi connectivity index (χ1n) is 23.5. The highest BCUT2D eigenvalue weighted by molar-refractivity contribution is 7.89. The molecule has 2 aliphatic rings. The van der Waals surface area contributed by atoms with Crippen molar-refractivity contribution in [1.82, 2.24) is 57.4 Å². The van der Waals surface area contributed by atoms with Gasteiger partial charge in [0, 0.05) is 77.1 Å². The molecule has 0 spiro atoms. The van der Waals surface area contributed by atoms with Gasteiger partial charge in [0.05, 0.1) is 60.9 Å². The maximum atomic E-state index is 15.0. The fourth-order valence-electron chi connectivity index (χ4n) is 8.05. The Balaban J connectivity index is 0.000000166. The molecule has 6 heterocycles. The highest BCUT2D eigenvalue weighted by Gasteiger charge is 2.28. The normalized spacial score (nSPS) is 13.7. The van der Waals surface area contributed by atoms with Gasteiger partial charge < -0.3 is 29.1 Å². The van der Waals surface area contributed by atoms with Gasteiger partial charge in [-0.25, -0.2) is 58.4 Å². The summed E-state index contributed by atoms with van der Waals surface area (Å²) >= 11 is 0. The number of hydrogen-bond acceptors (Lipinski definition) is 15. The molecular formula is C49H55F2N13O9S2. The van der Waals surface area contributed by atoms with Crippen molar-refractivity contribution < 1.29 is 49.8 Å². The first-order chi connectivity index (χ1) is 35.7. The van der Waals surface area contributed by atoms with Crippen molar-refractivity contribution in [3.05, 3.63) is 142 Å². The Morgan fingerprint density at radius 3 is 1.51 bits per heavy atom. The maximum Gasteiger partial charge on any atom is 0.358 e. The summed E-state index contributed by atoms with van der Waals surface area (Å²) in [4.78, 5) is 32.4. The van der Waals surface area contributed by atoms with E-state index >= 15 is 4.39 Å². The van der Waals surface area contributed by atoms with Gasteiger partial charge in [-0.2, -0.15) is 0 Å². The Labute approximate surface area is 430 Å². The number of aromatic nitrogens is 10. The largest absolute Gasteiger partial charge is 0.494 e.